The monoisotopic (exact) mass is 344 g/mol. The van der Waals surface area contributed by atoms with Crippen molar-refractivity contribution < 1.29 is 18.7 Å². The highest BCUT2D eigenvalue weighted by atomic mass is 79.9. The smallest absolute Gasteiger partial charge is 0.410 e. The molecule has 20 heavy (non-hydrogen) atoms. The van der Waals surface area contributed by atoms with Crippen molar-refractivity contribution in [2.24, 2.45) is 0 Å². The van der Waals surface area contributed by atoms with Crippen molar-refractivity contribution in [1.82, 2.24) is 10.2 Å². The third-order valence-electron chi connectivity index (χ3n) is 2.87. The highest BCUT2D eigenvalue weighted by Gasteiger charge is 2.21. The number of rotatable bonds is 4. The summed E-state index contributed by atoms with van der Waals surface area (Å²) in [5.74, 6) is -0.669. The lowest BCUT2D eigenvalue weighted by Gasteiger charge is -2.25. The van der Waals surface area contributed by atoms with Crippen LogP contribution >= 0.6 is 15.9 Å². The van der Waals surface area contributed by atoms with Gasteiger partial charge < -0.3 is 10.1 Å². The number of hydrogen-bond donors (Lipinski definition) is 1. The molecule has 0 unspecified atom stereocenters. The van der Waals surface area contributed by atoms with Gasteiger partial charge in [-0.2, -0.15) is 0 Å². The summed E-state index contributed by atoms with van der Waals surface area (Å²) in [5, 5.41) is 2.65. The topological polar surface area (TPSA) is 58.6 Å². The van der Waals surface area contributed by atoms with Crippen molar-refractivity contribution in [2.75, 3.05) is 19.7 Å². The summed E-state index contributed by atoms with van der Waals surface area (Å²) >= 11 is 3.29. The number of benzene rings is 1. The molecule has 0 atom stereocenters. The second kappa shape index (κ2) is 6.69. The van der Waals surface area contributed by atoms with Gasteiger partial charge in [0.1, 0.15) is 12.4 Å². The molecule has 1 aromatic rings. The lowest BCUT2D eigenvalue weighted by atomic mass is 10.2. The molecule has 2 amide bonds. The fourth-order valence-electron chi connectivity index (χ4n) is 1.84. The van der Waals surface area contributed by atoms with E-state index >= 15 is 0 Å². The molecule has 1 N–H and O–H groups in total. The molecule has 0 bridgehead atoms. The van der Waals surface area contributed by atoms with Crippen LogP contribution in [0.5, 0.6) is 0 Å². The molecule has 0 saturated carbocycles. The van der Waals surface area contributed by atoms with Gasteiger partial charge in [-0.05, 0) is 30.2 Å². The van der Waals surface area contributed by atoms with E-state index in [1.165, 1.54) is 17.0 Å². The van der Waals surface area contributed by atoms with E-state index in [1.54, 1.807) is 6.07 Å². The van der Waals surface area contributed by atoms with Crippen molar-refractivity contribution in [2.45, 2.75) is 13.0 Å². The molecule has 0 spiro atoms. The third kappa shape index (κ3) is 3.93. The first-order valence-electron chi connectivity index (χ1n) is 6.18. The molecular weight excluding hydrogens is 331 g/mol. The SMILES string of the molecule is O=C(CN1CCCOC1=O)NCc1cc(F)ccc1Br. The van der Waals surface area contributed by atoms with E-state index < -0.39 is 6.09 Å². The zero-order chi connectivity index (χ0) is 14.5. The maximum atomic E-state index is 13.1. The second-order valence-electron chi connectivity index (χ2n) is 4.40. The average Bonchev–Trinajstić information content (AvgIpc) is 2.42. The van der Waals surface area contributed by atoms with E-state index in [0.717, 1.165) is 4.47 Å². The first-order valence-corrected chi connectivity index (χ1v) is 6.98. The normalized spacial score (nSPS) is 14.9. The molecule has 0 radical (unpaired) electrons. The molecule has 1 fully saturated rings. The van der Waals surface area contributed by atoms with Crippen molar-refractivity contribution in [3.05, 3.63) is 34.1 Å². The number of nitrogens with zero attached hydrogens (tertiary/aromatic N) is 1. The minimum Gasteiger partial charge on any atom is -0.449 e. The van der Waals surface area contributed by atoms with Gasteiger partial charge in [0.15, 0.2) is 0 Å². The molecule has 7 heteroatoms. The van der Waals surface area contributed by atoms with Gasteiger partial charge >= 0.3 is 6.09 Å². The van der Waals surface area contributed by atoms with Crippen molar-refractivity contribution >= 4 is 27.9 Å². The van der Waals surface area contributed by atoms with Crippen LogP contribution < -0.4 is 5.32 Å². The van der Waals surface area contributed by atoms with Crippen LogP contribution in [0, 0.1) is 5.82 Å². The number of cyclic esters (lactones) is 1. The van der Waals surface area contributed by atoms with E-state index in [1.807, 2.05) is 0 Å². The average molecular weight is 345 g/mol. The van der Waals surface area contributed by atoms with Gasteiger partial charge in [-0.15, -0.1) is 0 Å². The van der Waals surface area contributed by atoms with E-state index in [9.17, 15) is 14.0 Å². The van der Waals surface area contributed by atoms with Gasteiger partial charge in [-0.1, -0.05) is 15.9 Å². The summed E-state index contributed by atoms with van der Waals surface area (Å²) in [5.41, 5.74) is 0.638. The van der Waals surface area contributed by atoms with Crippen LogP contribution in [0.2, 0.25) is 0 Å². The highest BCUT2D eigenvalue weighted by molar-refractivity contribution is 9.10. The summed E-state index contributed by atoms with van der Waals surface area (Å²) < 4.78 is 18.7. The van der Waals surface area contributed by atoms with Crippen molar-refractivity contribution in [1.29, 1.82) is 0 Å². The van der Waals surface area contributed by atoms with E-state index in [0.29, 0.717) is 25.1 Å². The van der Waals surface area contributed by atoms with Crippen LogP contribution in [0.3, 0.4) is 0 Å². The Kier molecular flexibility index (Phi) is 4.94. The zero-order valence-corrected chi connectivity index (χ0v) is 12.3. The Balaban J connectivity index is 1.85. The molecule has 1 aliphatic heterocycles. The molecule has 108 valence electrons. The predicted octanol–water partition coefficient (Wildman–Crippen LogP) is 2.05. The molecule has 0 aliphatic carbocycles. The number of carbonyl (C=O) groups excluding carboxylic acids is 2. The van der Waals surface area contributed by atoms with E-state index in [-0.39, 0.29) is 24.8 Å². The number of carbonyl (C=O) groups is 2. The zero-order valence-electron chi connectivity index (χ0n) is 10.7. The van der Waals surface area contributed by atoms with Crippen LogP contribution in [0.25, 0.3) is 0 Å². The fraction of sp³-hybridized carbons (Fsp3) is 0.385. The van der Waals surface area contributed by atoms with Crippen molar-refractivity contribution in [3.8, 4) is 0 Å². The number of halogens is 2. The Bertz CT molecular complexity index is 524. The second-order valence-corrected chi connectivity index (χ2v) is 5.26. The molecule has 1 saturated heterocycles. The van der Waals surface area contributed by atoms with E-state index in [4.69, 9.17) is 4.74 Å². The Morgan fingerprint density at radius 1 is 1.50 bits per heavy atom. The number of nitrogens with one attached hydrogen (secondary N) is 1. The number of amides is 2. The van der Waals surface area contributed by atoms with Crippen LogP contribution in [0.4, 0.5) is 9.18 Å². The largest absolute Gasteiger partial charge is 0.449 e. The Hall–Kier alpha value is -1.63. The molecule has 1 heterocycles. The highest BCUT2D eigenvalue weighted by Crippen LogP contribution is 2.17. The van der Waals surface area contributed by atoms with Gasteiger partial charge in [0.05, 0.1) is 6.61 Å². The van der Waals surface area contributed by atoms with Gasteiger partial charge in [-0.3, -0.25) is 9.69 Å². The minimum absolute atomic E-state index is 0.0498. The summed E-state index contributed by atoms with van der Waals surface area (Å²) in [4.78, 5) is 24.5. The lowest BCUT2D eigenvalue weighted by Crippen LogP contribution is -2.44. The van der Waals surface area contributed by atoms with Gasteiger partial charge in [0.2, 0.25) is 5.91 Å². The van der Waals surface area contributed by atoms with Gasteiger partial charge in [-0.25, -0.2) is 9.18 Å². The Morgan fingerprint density at radius 2 is 2.30 bits per heavy atom. The van der Waals surface area contributed by atoms with Crippen LogP contribution in [0.15, 0.2) is 22.7 Å². The molecule has 1 aromatic carbocycles. The first kappa shape index (κ1) is 14.8. The lowest BCUT2D eigenvalue weighted by molar-refractivity contribution is -0.122. The first-order chi connectivity index (χ1) is 9.56. The molecule has 1 aliphatic rings. The quantitative estimate of drug-likeness (QED) is 0.909. The molecular formula is C13H14BrFN2O3. The van der Waals surface area contributed by atoms with Gasteiger partial charge in [0, 0.05) is 17.6 Å². The summed E-state index contributed by atoms with van der Waals surface area (Å²) in [7, 11) is 0. The summed E-state index contributed by atoms with van der Waals surface area (Å²) in [6.07, 6.45) is 0.243. The van der Waals surface area contributed by atoms with Gasteiger partial charge in [0.25, 0.3) is 0 Å². The Labute approximate surface area is 124 Å². The molecule has 0 aromatic heterocycles. The number of ether oxygens (including phenoxy) is 1. The van der Waals surface area contributed by atoms with E-state index in [2.05, 4.69) is 21.2 Å². The minimum atomic E-state index is -0.474. The maximum absolute atomic E-state index is 13.1. The summed E-state index contributed by atoms with van der Waals surface area (Å²) in [6, 6.07) is 4.26. The third-order valence-corrected chi connectivity index (χ3v) is 3.65. The standard InChI is InChI=1S/C13H14BrFN2O3/c14-11-3-2-10(15)6-9(11)7-16-12(18)8-17-4-1-5-20-13(17)19/h2-3,6H,1,4-5,7-8H2,(H,16,18). The molecule has 2 rings (SSSR count). The maximum Gasteiger partial charge on any atom is 0.410 e. The fourth-order valence-corrected chi connectivity index (χ4v) is 2.23. The van der Waals surface area contributed by atoms with Crippen LogP contribution in [-0.4, -0.2) is 36.6 Å². The summed E-state index contributed by atoms with van der Waals surface area (Å²) in [6.45, 7) is 1.05. The molecule has 5 nitrogen and oxygen atoms in total. The predicted molar refractivity (Wildman–Crippen MR) is 73.5 cm³/mol. The van der Waals surface area contributed by atoms with Crippen LogP contribution in [-0.2, 0) is 16.1 Å². The Morgan fingerprint density at radius 3 is 3.05 bits per heavy atom. The number of hydrogen-bond acceptors (Lipinski definition) is 3. The van der Waals surface area contributed by atoms with Crippen molar-refractivity contribution in [3.63, 3.8) is 0 Å². The van der Waals surface area contributed by atoms with Crippen LogP contribution in [0.1, 0.15) is 12.0 Å².